The molecule has 0 spiro atoms. The monoisotopic (exact) mass is 241 g/mol. The number of aromatic nitrogens is 1. The normalized spacial score (nSPS) is 12.9. The molecule has 1 aromatic heterocycles. The largest absolute Gasteiger partial charge is 0.253 e. The number of hydrogen-bond donors (Lipinski definition) is 0. The van der Waals surface area contributed by atoms with Crippen molar-refractivity contribution in [3.8, 4) is 0 Å². The van der Waals surface area contributed by atoms with Crippen LogP contribution >= 0.6 is 0 Å². The van der Waals surface area contributed by atoms with Crippen molar-refractivity contribution in [2.45, 2.75) is 52.9 Å². The summed E-state index contributed by atoms with van der Waals surface area (Å²) in [6.45, 7) is 8.88. The van der Waals surface area contributed by atoms with E-state index in [2.05, 4.69) is 56.9 Å². The number of rotatable bonds is 4. The van der Waals surface area contributed by atoms with Crippen molar-refractivity contribution in [2.75, 3.05) is 0 Å². The van der Waals surface area contributed by atoms with Crippen LogP contribution in [0.1, 0.15) is 56.4 Å². The molecule has 1 nitrogen and oxygen atoms in total. The highest BCUT2D eigenvalue weighted by atomic mass is 14.7. The van der Waals surface area contributed by atoms with E-state index in [1.165, 1.54) is 29.4 Å². The van der Waals surface area contributed by atoms with Crippen molar-refractivity contribution in [3.05, 3.63) is 41.1 Å². The Balaban J connectivity index is 2.61. The molecule has 1 aromatic carbocycles. The summed E-state index contributed by atoms with van der Waals surface area (Å²) in [6, 6.07) is 8.96. The third-order valence-corrected chi connectivity index (χ3v) is 3.69. The number of nitrogens with zero attached hydrogens (tertiary/aromatic N) is 1. The lowest BCUT2D eigenvalue weighted by Crippen LogP contribution is -1.98. The Kier molecular flexibility index (Phi) is 4.00. The molecule has 0 aliphatic carbocycles. The van der Waals surface area contributed by atoms with Crippen LogP contribution < -0.4 is 0 Å². The van der Waals surface area contributed by atoms with Crippen molar-refractivity contribution in [1.82, 2.24) is 4.98 Å². The SMILES string of the molecule is CCCC(C)c1cc(C)nc2ccc(CC)cc12. The molecule has 96 valence electrons. The molecule has 0 N–H and O–H groups in total. The molecule has 18 heavy (non-hydrogen) atoms. The third kappa shape index (κ3) is 2.55. The van der Waals surface area contributed by atoms with Crippen LogP contribution in [0.2, 0.25) is 0 Å². The van der Waals surface area contributed by atoms with Crippen molar-refractivity contribution >= 4 is 10.9 Å². The summed E-state index contributed by atoms with van der Waals surface area (Å²) in [5.41, 5.74) is 5.14. The van der Waals surface area contributed by atoms with Gasteiger partial charge in [-0.25, -0.2) is 0 Å². The van der Waals surface area contributed by atoms with Crippen LogP contribution in [0.15, 0.2) is 24.3 Å². The summed E-state index contributed by atoms with van der Waals surface area (Å²) < 4.78 is 0. The smallest absolute Gasteiger partial charge is 0.0708 e. The van der Waals surface area contributed by atoms with Crippen molar-refractivity contribution < 1.29 is 0 Å². The summed E-state index contributed by atoms with van der Waals surface area (Å²) in [5.74, 6) is 0.617. The van der Waals surface area contributed by atoms with E-state index in [-0.39, 0.29) is 0 Å². The first-order valence-electron chi connectivity index (χ1n) is 7.05. The minimum absolute atomic E-state index is 0.617. The highest BCUT2D eigenvalue weighted by Gasteiger charge is 2.11. The van der Waals surface area contributed by atoms with E-state index in [4.69, 9.17) is 0 Å². The zero-order chi connectivity index (χ0) is 13.1. The van der Waals surface area contributed by atoms with Crippen molar-refractivity contribution in [1.29, 1.82) is 0 Å². The highest BCUT2D eigenvalue weighted by Crippen LogP contribution is 2.29. The standard InChI is InChI=1S/C17H23N/c1-5-7-12(3)15-10-13(4)18-17-9-8-14(6-2)11-16(15)17/h8-12H,5-7H2,1-4H3. The predicted octanol–water partition coefficient (Wildman–Crippen LogP) is 5.01. The molecule has 0 aliphatic heterocycles. The number of benzene rings is 1. The van der Waals surface area contributed by atoms with E-state index < -0.39 is 0 Å². The maximum absolute atomic E-state index is 4.65. The molecule has 1 heterocycles. The Hall–Kier alpha value is -1.37. The van der Waals surface area contributed by atoms with Gasteiger partial charge in [0, 0.05) is 11.1 Å². The summed E-state index contributed by atoms with van der Waals surface area (Å²) >= 11 is 0. The third-order valence-electron chi connectivity index (χ3n) is 3.69. The zero-order valence-electron chi connectivity index (χ0n) is 12.0. The average molecular weight is 241 g/mol. The molecule has 0 saturated carbocycles. The molecule has 0 saturated heterocycles. The van der Waals surface area contributed by atoms with Gasteiger partial charge in [0.2, 0.25) is 0 Å². The van der Waals surface area contributed by atoms with Gasteiger partial charge in [-0.15, -0.1) is 0 Å². The molecular formula is C17H23N. The Morgan fingerprint density at radius 3 is 2.61 bits per heavy atom. The quantitative estimate of drug-likeness (QED) is 0.733. The second-order valence-corrected chi connectivity index (χ2v) is 5.25. The van der Waals surface area contributed by atoms with Gasteiger partial charge in [0.15, 0.2) is 0 Å². The van der Waals surface area contributed by atoms with Crippen LogP contribution in [-0.2, 0) is 6.42 Å². The van der Waals surface area contributed by atoms with E-state index in [9.17, 15) is 0 Å². The van der Waals surface area contributed by atoms with E-state index in [1.54, 1.807) is 0 Å². The number of hydrogen-bond acceptors (Lipinski definition) is 1. The van der Waals surface area contributed by atoms with Gasteiger partial charge in [-0.3, -0.25) is 4.98 Å². The van der Waals surface area contributed by atoms with Crippen LogP contribution in [0.3, 0.4) is 0 Å². The van der Waals surface area contributed by atoms with Gasteiger partial charge in [-0.1, -0.05) is 33.3 Å². The molecule has 2 aromatic rings. The average Bonchev–Trinajstić information content (AvgIpc) is 2.37. The first-order valence-corrected chi connectivity index (χ1v) is 7.05. The van der Waals surface area contributed by atoms with Crippen molar-refractivity contribution in [2.24, 2.45) is 0 Å². The van der Waals surface area contributed by atoms with Gasteiger partial charge in [-0.05, 0) is 55.0 Å². The summed E-state index contributed by atoms with van der Waals surface area (Å²) in [4.78, 5) is 4.65. The van der Waals surface area contributed by atoms with Gasteiger partial charge in [0.25, 0.3) is 0 Å². The number of pyridine rings is 1. The molecule has 0 fully saturated rings. The summed E-state index contributed by atoms with van der Waals surface area (Å²) in [7, 11) is 0. The van der Waals surface area contributed by atoms with Gasteiger partial charge < -0.3 is 0 Å². The second-order valence-electron chi connectivity index (χ2n) is 5.25. The Morgan fingerprint density at radius 1 is 1.17 bits per heavy atom. The molecule has 1 unspecified atom stereocenters. The fourth-order valence-electron chi connectivity index (χ4n) is 2.65. The topological polar surface area (TPSA) is 12.9 Å². The van der Waals surface area contributed by atoms with Crippen LogP contribution in [0.5, 0.6) is 0 Å². The van der Waals surface area contributed by atoms with E-state index in [0.717, 1.165) is 17.6 Å². The van der Waals surface area contributed by atoms with Gasteiger partial charge in [0.05, 0.1) is 5.52 Å². The molecular weight excluding hydrogens is 218 g/mol. The molecule has 1 atom stereocenters. The Labute approximate surface area is 110 Å². The molecule has 2 rings (SSSR count). The first-order chi connectivity index (χ1) is 8.65. The Bertz CT molecular complexity index is 543. The highest BCUT2D eigenvalue weighted by molar-refractivity contribution is 5.83. The lowest BCUT2D eigenvalue weighted by molar-refractivity contribution is 0.668. The predicted molar refractivity (Wildman–Crippen MR) is 79.2 cm³/mol. The molecule has 0 amide bonds. The maximum atomic E-state index is 4.65. The molecule has 0 aliphatic rings. The maximum Gasteiger partial charge on any atom is 0.0708 e. The van der Waals surface area contributed by atoms with Crippen LogP contribution in [0, 0.1) is 6.92 Å². The first kappa shape index (κ1) is 13.1. The van der Waals surface area contributed by atoms with Gasteiger partial charge in [0.1, 0.15) is 0 Å². The minimum Gasteiger partial charge on any atom is -0.253 e. The molecule has 0 bridgehead atoms. The molecule has 0 radical (unpaired) electrons. The fourth-order valence-corrected chi connectivity index (χ4v) is 2.65. The second kappa shape index (κ2) is 5.51. The lowest BCUT2D eigenvalue weighted by Gasteiger charge is -2.15. The van der Waals surface area contributed by atoms with Gasteiger partial charge in [-0.2, -0.15) is 0 Å². The fraction of sp³-hybridized carbons (Fsp3) is 0.471. The molecule has 1 heteroatoms. The van der Waals surface area contributed by atoms with Crippen LogP contribution in [0.25, 0.3) is 10.9 Å². The van der Waals surface area contributed by atoms with E-state index in [1.807, 2.05) is 0 Å². The van der Waals surface area contributed by atoms with Crippen LogP contribution in [0.4, 0.5) is 0 Å². The minimum atomic E-state index is 0.617. The van der Waals surface area contributed by atoms with Gasteiger partial charge >= 0.3 is 0 Å². The Morgan fingerprint density at radius 2 is 1.94 bits per heavy atom. The number of aryl methyl sites for hydroxylation is 2. The zero-order valence-corrected chi connectivity index (χ0v) is 12.0. The van der Waals surface area contributed by atoms with Crippen molar-refractivity contribution in [3.63, 3.8) is 0 Å². The summed E-state index contributed by atoms with van der Waals surface area (Å²) in [5, 5.41) is 1.35. The van der Waals surface area contributed by atoms with Crippen LogP contribution in [-0.4, -0.2) is 4.98 Å². The number of fused-ring (bicyclic) bond motifs is 1. The van der Waals surface area contributed by atoms with E-state index in [0.29, 0.717) is 5.92 Å². The summed E-state index contributed by atoms with van der Waals surface area (Å²) in [6.07, 6.45) is 3.57. The lowest BCUT2D eigenvalue weighted by atomic mass is 9.92. The van der Waals surface area contributed by atoms with E-state index >= 15 is 0 Å².